The molecule has 0 aromatic heterocycles. The summed E-state index contributed by atoms with van der Waals surface area (Å²) in [5.41, 5.74) is 7.69. The molecule has 1 saturated heterocycles. The normalized spacial score (nSPS) is 21.2. The molecule has 1 aromatic carbocycles. The third-order valence-electron chi connectivity index (χ3n) is 5.70. The topological polar surface area (TPSA) is 38.5 Å². The average molecular weight is 319 g/mol. The quantitative estimate of drug-likeness (QED) is 0.874. The Kier molecular flexibility index (Phi) is 6.24. The maximum atomic E-state index is 6.10. The molecule has 1 fully saturated rings. The Balaban J connectivity index is 1.99. The number of benzene rings is 1. The van der Waals surface area contributed by atoms with Gasteiger partial charge in [-0.25, -0.2) is 0 Å². The van der Waals surface area contributed by atoms with Crippen molar-refractivity contribution in [3.05, 3.63) is 35.9 Å². The van der Waals surface area contributed by atoms with Crippen LogP contribution in [0.4, 0.5) is 0 Å². The van der Waals surface area contributed by atoms with Crippen molar-refractivity contribution in [1.29, 1.82) is 0 Å². The summed E-state index contributed by atoms with van der Waals surface area (Å²) in [5, 5.41) is 0. The summed E-state index contributed by atoms with van der Waals surface area (Å²) in [6.45, 7) is 14.0. The molecular formula is C20H34N2O. The van der Waals surface area contributed by atoms with Gasteiger partial charge in [0, 0.05) is 26.2 Å². The maximum absolute atomic E-state index is 6.10. The molecule has 2 N–H and O–H groups in total. The molecule has 0 radical (unpaired) electrons. The first-order valence-electron chi connectivity index (χ1n) is 8.92. The molecule has 2 rings (SSSR count). The lowest BCUT2D eigenvalue weighted by molar-refractivity contribution is 0.0301. The summed E-state index contributed by atoms with van der Waals surface area (Å²) < 4.78 is 6.10. The zero-order chi connectivity index (χ0) is 16.9. The van der Waals surface area contributed by atoms with E-state index in [1.54, 1.807) is 0 Å². The molecule has 1 aliphatic rings. The standard InChI is InChI=1S/C20H34N2O/c1-19(2,15-21)20(3,4)16-22-11-8-12-23-18(14-22)13-17-9-6-5-7-10-17/h5-7,9-10,18H,8,11-16,21H2,1-4H3. The van der Waals surface area contributed by atoms with Gasteiger partial charge in [-0.15, -0.1) is 0 Å². The highest BCUT2D eigenvalue weighted by atomic mass is 16.5. The second-order valence-corrected chi connectivity index (χ2v) is 8.24. The highest BCUT2D eigenvalue weighted by Gasteiger charge is 2.37. The summed E-state index contributed by atoms with van der Waals surface area (Å²) in [5.74, 6) is 0. The third kappa shape index (κ3) is 5.03. The molecule has 0 spiro atoms. The molecule has 1 aromatic rings. The fourth-order valence-electron chi connectivity index (χ4n) is 3.16. The van der Waals surface area contributed by atoms with E-state index in [4.69, 9.17) is 10.5 Å². The summed E-state index contributed by atoms with van der Waals surface area (Å²) in [7, 11) is 0. The summed E-state index contributed by atoms with van der Waals surface area (Å²) >= 11 is 0. The number of rotatable bonds is 6. The van der Waals surface area contributed by atoms with Crippen LogP contribution in [-0.4, -0.2) is 43.8 Å². The van der Waals surface area contributed by atoms with E-state index < -0.39 is 0 Å². The lowest BCUT2D eigenvalue weighted by atomic mass is 9.67. The smallest absolute Gasteiger partial charge is 0.0742 e. The Morgan fingerprint density at radius 3 is 2.48 bits per heavy atom. The van der Waals surface area contributed by atoms with Gasteiger partial charge in [-0.05, 0) is 35.8 Å². The summed E-state index contributed by atoms with van der Waals surface area (Å²) in [6.07, 6.45) is 2.40. The van der Waals surface area contributed by atoms with Gasteiger partial charge in [0.1, 0.15) is 0 Å². The Bertz CT molecular complexity index is 470. The van der Waals surface area contributed by atoms with Gasteiger partial charge in [0.25, 0.3) is 0 Å². The van der Waals surface area contributed by atoms with E-state index >= 15 is 0 Å². The molecule has 130 valence electrons. The zero-order valence-corrected chi connectivity index (χ0v) is 15.3. The second kappa shape index (κ2) is 7.78. The van der Waals surface area contributed by atoms with Gasteiger partial charge in [0.05, 0.1) is 6.10 Å². The number of ether oxygens (including phenoxy) is 1. The molecule has 0 amide bonds. The Morgan fingerprint density at radius 2 is 1.83 bits per heavy atom. The van der Waals surface area contributed by atoms with Crippen LogP contribution in [0.1, 0.15) is 39.7 Å². The molecule has 3 heteroatoms. The predicted octanol–water partition coefficient (Wildman–Crippen LogP) is 3.33. The molecule has 1 aliphatic heterocycles. The summed E-state index contributed by atoms with van der Waals surface area (Å²) in [4.78, 5) is 2.58. The van der Waals surface area contributed by atoms with Crippen LogP contribution in [0, 0.1) is 10.8 Å². The fourth-order valence-corrected chi connectivity index (χ4v) is 3.16. The van der Waals surface area contributed by atoms with Gasteiger partial charge in [-0.3, -0.25) is 0 Å². The summed E-state index contributed by atoms with van der Waals surface area (Å²) in [6, 6.07) is 10.7. The minimum Gasteiger partial charge on any atom is -0.376 e. The highest BCUT2D eigenvalue weighted by Crippen LogP contribution is 2.38. The van der Waals surface area contributed by atoms with Gasteiger partial charge >= 0.3 is 0 Å². The van der Waals surface area contributed by atoms with E-state index in [0.717, 1.165) is 45.6 Å². The molecule has 0 bridgehead atoms. The van der Waals surface area contributed by atoms with Gasteiger partial charge in [-0.2, -0.15) is 0 Å². The first-order valence-corrected chi connectivity index (χ1v) is 8.92. The van der Waals surface area contributed by atoms with Crippen LogP contribution in [0.3, 0.4) is 0 Å². The molecule has 3 nitrogen and oxygen atoms in total. The number of hydrogen-bond donors (Lipinski definition) is 1. The zero-order valence-electron chi connectivity index (χ0n) is 15.3. The maximum Gasteiger partial charge on any atom is 0.0742 e. The first-order chi connectivity index (χ1) is 10.8. The molecule has 1 unspecified atom stereocenters. The van der Waals surface area contributed by atoms with Crippen molar-refractivity contribution in [2.75, 3.05) is 32.8 Å². The predicted molar refractivity (Wildman–Crippen MR) is 97.6 cm³/mol. The van der Waals surface area contributed by atoms with Crippen molar-refractivity contribution in [3.8, 4) is 0 Å². The van der Waals surface area contributed by atoms with Crippen LogP contribution < -0.4 is 5.73 Å². The molecule has 0 aliphatic carbocycles. The van der Waals surface area contributed by atoms with Crippen molar-refractivity contribution in [3.63, 3.8) is 0 Å². The van der Waals surface area contributed by atoms with Crippen LogP contribution in [0.25, 0.3) is 0 Å². The molecular weight excluding hydrogens is 284 g/mol. The van der Waals surface area contributed by atoms with Crippen LogP contribution in [-0.2, 0) is 11.2 Å². The molecule has 0 saturated carbocycles. The third-order valence-corrected chi connectivity index (χ3v) is 5.70. The Hall–Kier alpha value is -0.900. The van der Waals surface area contributed by atoms with Crippen molar-refractivity contribution in [1.82, 2.24) is 4.90 Å². The van der Waals surface area contributed by atoms with E-state index in [0.29, 0.717) is 0 Å². The number of nitrogens with two attached hydrogens (primary N) is 1. The minimum absolute atomic E-state index is 0.134. The average Bonchev–Trinajstić information content (AvgIpc) is 2.72. The van der Waals surface area contributed by atoms with Crippen LogP contribution in [0.15, 0.2) is 30.3 Å². The lowest BCUT2D eigenvalue weighted by Crippen LogP contribution is -2.48. The van der Waals surface area contributed by atoms with Gasteiger partial charge in [0.2, 0.25) is 0 Å². The van der Waals surface area contributed by atoms with Crippen LogP contribution in [0.2, 0.25) is 0 Å². The van der Waals surface area contributed by atoms with Gasteiger partial charge < -0.3 is 15.4 Å². The lowest BCUT2D eigenvalue weighted by Gasteiger charge is -2.44. The molecule has 1 heterocycles. The van der Waals surface area contributed by atoms with Crippen molar-refractivity contribution >= 4 is 0 Å². The Labute approximate surface area is 142 Å². The van der Waals surface area contributed by atoms with Crippen LogP contribution in [0.5, 0.6) is 0 Å². The first kappa shape index (κ1) is 18.4. The van der Waals surface area contributed by atoms with E-state index in [1.807, 2.05) is 0 Å². The fraction of sp³-hybridized carbons (Fsp3) is 0.700. The van der Waals surface area contributed by atoms with E-state index in [-0.39, 0.29) is 16.9 Å². The largest absolute Gasteiger partial charge is 0.376 e. The number of hydrogen-bond acceptors (Lipinski definition) is 3. The number of nitrogens with zero attached hydrogens (tertiary/aromatic N) is 1. The van der Waals surface area contributed by atoms with Crippen LogP contribution >= 0.6 is 0 Å². The highest BCUT2D eigenvalue weighted by molar-refractivity contribution is 5.15. The minimum atomic E-state index is 0.134. The van der Waals surface area contributed by atoms with Crippen molar-refractivity contribution in [2.24, 2.45) is 16.6 Å². The molecule has 1 atom stereocenters. The second-order valence-electron chi connectivity index (χ2n) is 8.24. The van der Waals surface area contributed by atoms with Crippen molar-refractivity contribution in [2.45, 2.75) is 46.6 Å². The van der Waals surface area contributed by atoms with E-state index in [9.17, 15) is 0 Å². The van der Waals surface area contributed by atoms with Gasteiger partial charge in [-0.1, -0.05) is 58.0 Å². The van der Waals surface area contributed by atoms with Gasteiger partial charge in [0.15, 0.2) is 0 Å². The Morgan fingerprint density at radius 1 is 1.13 bits per heavy atom. The monoisotopic (exact) mass is 318 g/mol. The van der Waals surface area contributed by atoms with Crippen molar-refractivity contribution < 1.29 is 4.74 Å². The van der Waals surface area contributed by atoms with E-state index in [1.165, 1.54) is 5.56 Å². The molecule has 23 heavy (non-hydrogen) atoms. The SMILES string of the molecule is CC(C)(CN)C(C)(C)CN1CCCOC(Cc2ccccc2)C1. The van der Waals surface area contributed by atoms with E-state index in [2.05, 4.69) is 62.9 Å².